The predicted octanol–water partition coefficient (Wildman–Crippen LogP) is 4.69. The number of ether oxygens (including phenoxy) is 4. The van der Waals surface area contributed by atoms with Crippen LogP contribution < -0.4 is 18.9 Å². The molecule has 2 aromatic rings. The lowest BCUT2D eigenvalue weighted by Crippen LogP contribution is -2.35. The van der Waals surface area contributed by atoms with Crippen molar-refractivity contribution < 1.29 is 23.7 Å². The van der Waals surface area contributed by atoms with Crippen molar-refractivity contribution in [1.29, 1.82) is 0 Å². The number of hydrogen-bond donors (Lipinski definition) is 0. The molecule has 0 N–H and O–H groups in total. The fourth-order valence-electron chi connectivity index (χ4n) is 4.76. The fourth-order valence-corrected chi connectivity index (χ4v) is 4.76. The van der Waals surface area contributed by atoms with E-state index in [2.05, 4.69) is 0 Å². The second-order valence-corrected chi connectivity index (χ2v) is 8.62. The van der Waals surface area contributed by atoms with Crippen LogP contribution >= 0.6 is 0 Å². The van der Waals surface area contributed by atoms with Crippen molar-refractivity contribution in [2.75, 3.05) is 20.1 Å². The molecule has 1 saturated carbocycles. The molecule has 1 aliphatic carbocycles. The highest BCUT2D eigenvalue weighted by Crippen LogP contribution is 2.37. The summed E-state index contributed by atoms with van der Waals surface area (Å²) in [6.45, 7) is 1.88. The number of carbonyl (C=O) groups is 1. The molecule has 0 aromatic heterocycles. The number of fused-ring (bicyclic) bond motifs is 2. The maximum atomic E-state index is 13.3. The van der Waals surface area contributed by atoms with Gasteiger partial charge in [0.1, 0.15) is 0 Å². The minimum absolute atomic E-state index is 0.180. The lowest BCUT2D eigenvalue weighted by Gasteiger charge is -2.30. The monoisotopic (exact) mass is 423 g/mol. The van der Waals surface area contributed by atoms with Gasteiger partial charge in [-0.1, -0.05) is 37.5 Å². The second-order valence-electron chi connectivity index (χ2n) is 8.62. The largest absolute Gasteiger partial charge is 0.454 e. The number of amides is 1. The van der Waals surface area contributed by atoms with Crippen LogP contribution in [0.15, 0.2) is 36.4 Å². The Labute approximate surface area is 183 Å². The van der Waals surface area contributed by atoms with Crippen molar-refractivity contribution in [1.82, 2.24) is 4.90 Å². The zero-order valence-electron chi connectivity index (χ0n) is 17.8. The van der Waals surface area contributed by atoms with Gasteiger partial charge in [0, 0.05) is 25.1 Å². The van der Waals surface area contributed by atoms with Crippen LogP contribution in [0.2, 0.25) is 0 Å². The van der Waals surface area contributed by atoms with Crippen molar-refractivity contribution >= 4 is 5.91 Å². The average molecular weight is 424 g/mol. The first kappa shape index (κ1) is 20.0. The van der Waals surface area contributed by atoms with Gasteiger partial charge in [0.05, 0.1) is 0 Å². The first-order valence-electron chi connectivity index (χ1n) is 11.3. The number of hydrogen-bond acceptors (Lipinski definition) is 5. The van der Waals surface area contributed by atoms with Crippen molar-refractivity contribution in [3.8, 4) is 23.0 Å². The molecular formula is C25H29NO5. The van der Waals surface area contributed by atoms with Gasteiger partial charge in [0.15, 0.2) is 23.0 Å². The third-order valence-corrected chi connectivity index (χ3v) is 6.46. The molecule has 0 radical (unpaired) electrons. The molecule has 0 atom stereocenters. The van der Waals surface area contributed by atoms with E-state index in [1.54, 1.807) is 0 Å². The summed E-state index contributed by atoms with van der Waals surface area (Å²) in [5.74, 6) is 3.84. The molecule has 1 fully saturated rings. The highest BCUT2D eigenvalue weighted by Gasteiger charge is 2.25. The number of para-hydroxylation sites is 1. The fraction of sp³-hybridized carbons (Fsp3) is 0.480. The minimum atomic E-state index is 0.180. The van der Waals surface area contributed by atoms with E-state index >= 15 is 0 Å². The molecule has 2 aromatic carbocycles. The normalized spacial score (nSPS) is 17.0. The summed E-state index contributed by atoms with van der Waals surface area (Å²) >= 11 is 0. The number of benzene rings is 2. The Morgan fingerprint density at radius 1 is 0.903 bits per heavy atom. The van der Waals surface area contributed by atoms with Crippen LogP contribution in [0.3, 0.4) is 0 Å². The van der Waals surface area contributed by atoms with E-state index in [1.165, 1.54) is 32.1 Å². The van der Waals surface area contributed by atoms with Crippen molar-refractivity contribution in [2.24, 2.45) is 5.92 Å². The van der Waals surface area contributed by atoms with E-state index in [0.29, 0.717) is 25.3 Å². The van der Waals surface area contributed by atoms with Gasteiger partial charge in [-0.15, -0.1) is 0 Å². The number of nitrogens with zero attached hydrogens (tertiary/aromatic N) is 1. The van der Waals surface area contributed by atoms with Crippen LogP contribution in [0.5, 0.6) is 23.0 Å². The minimum Gasteiger partial charge on any atom is -0.454 e. The predicted molar refractivity (Wildman–Crippen MR) is 115 cm³/mol. The molecule has 0 unspecified atom stereocenters. The molecular weight excluding hydrogens is 394 g/mol. The molecule has 0 bridgehead atoms. The second kappa shape index (κ2) is 9.08. The Kier molecular flexibility index (Phi) is 5.87. The van der Waals surface area contributed by atoms with Crippen molar-refractivity contribution in [3.63, 3.8) is 0 Å². The number of rotatable bonds is 7. The highest BCUT2D eigenvalue weighted by molar-refractivity contribution is 5.76. The van der Waals surface area contributed by atoms with E-state index in [0.717, 1.165) is 40.7 Å². The molecule has 5 rings (SSSR count). The first-order chi connectivity index (χ1) is 15.3. The standard InChI is InChI=1S/C25H29NO5/c27-24(12-10-18-9-11-21-23(13-18)30-16-28-21)26(14-19-5-2-1-3-6-19)15-20-7-4-8-22-25(20)31-17-29-22/h4,7-9,11,13,19H,1-3,5-6,10,12,14-17H2. The molecule has 6 nitrogen and oxygen atoms in total. The van der Waals surface area contributed by atoms with Crippen molar-refractivity contribution in [2.45, 2.75) is 51.5 Å². The lowest BCUT2D eigenvalue weighted by atomic mass is 9.88. The SMILES string of the molecule is O=C(CCc1ccc2c(c1)OCO2)N(Cc1cccc2c1OCO2)CC1CCCCC1. The van der Waals surface area contributed by atoms with Gasteiger partial charge in [-0.3, -0.25) is 4.79 Å². The summed E-state index contributed by atoms with van der Waals surface area (Å²) < 4.78 is 22.1. The molecule has 2 aliphatic heterocycles. The molecule has 164 valence electrons. The molecule has 0 spiro atoms. The Morgan fingerprint density at radius 3 is 2.61 bits per heavy atom. The van der Waals surface area contributed by atoms with Crippen LogP contribution in [0, 0.1) is 5.92 Å². The summed E-state index contributed by atoms with van der Waals surface area (Å²) in [6, 6.07) is 11.8. The van der Waals surface area contributed by atoms with Gasteiger partial charge < -0.3 is 23.8 Å². The van der Waals surface area contributed by atoms with Gasteiger partial charge >= 0.3 is 0 Å². The maximum absolute atomic E-state index is 13.3. The van der Waals surface area contributed by atoms with Gasteiger partial charge in [0.2, 0.25) is 19.5 Å². The van der Waals surface area contributed by atoms with Crippen LogP contribution in [0.1, 0.15) is 49.7 Å². The summed E-state index contributed by atoms with van der Waals surface area (Å²) in [4.78, 5) is 15.4. The van der Waals surface area contributed by atoms with Gasteiger partial charge in [-0.25, -0.2) is 0 Å². The average Bonchev–Trinajstić information content (AvgIpc) is 3.47. The third kappa shape index (κ3) is 4.58. The molecule has 3 aliphatic rings. The van der Waals surface area contributed by atoms with Crippen LogP contribution in [-0.2, 0) is 17.8 Å². The Hall–Kier alpha value is -2.89. The van der Waals surface area contributed by atoms with Crippen LogP contribution in [-0.4, -0.2) is 30.9 Å². The summed E-state index contributed by atoms with van der Waals surface area (Å²) in [5.41, 5.74) is 2.11. The van der Waals surface area contributed by atoms with Crippen LogP contribution in [0.25, 0.3) is 0 Å². The Balaban J connectivity index is 1.28. The smallest absolute Gasteiger partial charge is 0.231 e. The molecule has 2 heterocycles. The topological polar surface area (TPSA) is 57.2 Å². The Morgan fingerprint density at radius 2 is 1.71 bits per heavy atom. The summed E-state index contributed by atoms with van der Waals surface area (Å²) in [7, 11) is 0. The lowest BCUT2D eigenvalue weighted by molar-refractivity contribution is -0.132. The van der Waals surface area contributed by atoms with E-state index in [4.69, 9.17) is 18.9 Å². The van der Waals surface area contributed by atoms with Gasteiger partial charge in [-0.2, -0.15) is 0 Å². The third-order valence-electron chi connectivity index (χ3n) is 6.46. The molecule has 6 heteroatoms. The molecule has 1 amide bonds. The van der Waals surface area contributed by atoms with E-state index in [9.17, 15) is 4.79 Å². The maximum Gasteiger partial charge on any atom is 0.231 e. The number of carbonyl (C=O) groups excluding carboxylic acids is 1. The molecule has 31 heavy (non-hydrogen) atoms. The van der Waals surface area contributed by atoms with E-state index in [1.807, 2.05) is 41.3 Å². The zero-order valence-corrected chi connectivity index (χ0v) is 17.8. The number of aryl methyl sites for hydroxylation is 1. The Bertz CT molecular complexity index is 938. The van der Waals surface area contributed by atoms with E-state index < -0.39 is 0 Å². The van der Waals surface area contributed by atoms with Crippen molar-refractivity contribution in [3.05, 3.63) is 47.5 Å². The first-order valence-corrected chi connectivity index (χ1v) is 11.3. The zero-order chi connectivity index (χ0) is 21.0. The molecule has 0 saturated heterocycles. The van der Waals surface area contributed by atoms with Gasteiger partial charge in [0.25, 0.3) is 0 Å². The quantitative estimate of drug-likeness (QED) is 0.647. The highest BCUT2D eigenvalue weighted by atomic mass is 16.7. The van der Waals surface area contributed by atoms with Crippen LogP contribution in [0.4, 0.5) is 0 Å². The summed E-state index contributed by atoms with van der Waals surface area (Å²) in [6.07, 6.45) is 7.41. The van der Waals surface area contributed by atoms with E-state index in [-0.39, 0.29) is 19.5 Å². The van der Waals surface area contributed by atoms with Gasteiger partial charge in [-0.05, 0) is 48.9 Å². The summed E-state index contributed by atoms with van der Waals surface area (Å²) in [5, 5.41) is 0.